The van der Waals surface area contributed by atoms with Crippen molar-refractivity contribution in [3.63, 3.8) is 0 Å². The number of hydrogen-bond donors (Lipinski definition) is 1. The van der Waals surface area contributed by atoms with Crippen LogP contribution in [0.4, 0.5) is 0 Å². The predicted molar refractivity (Wildman–Crippen MR) is 59.1 cm³/mol. The summed E-state index contributed by atoms with van der Waals surface area (Å²) in [5.41, 5.74) is 0. The third kappa shape index (κ3) is 3.09. The molecule has 1 amide bonds. The van der Waals surface area contributed by atoms with Gasteiger partial charge in [-0.1, -0.05) is 13.3 Å². The molecule has 0 saturated carbocycles. The van der Waals surface area contributed by atoms with Crippen LogP contribution in [0.3, 0.4) is 0 Å². The van der Waals surface area contributed by atoms with Crippen molar-refractivity contribution < 1.29 is 4.79 Å². The highest BCUT2D eigenvalue weighted by Gasteiger charge is 2.16. The number of carbonyl (C=O) groups excluding carboxylic acids is 1. The van der Waals surface area contributed by atoms with Crippen LogP contribution in [0.2, 0.25) is 0 Å². The summed E-state index contributed by atoms with van der Waals surface area (Å²) in [5, 5.41) is 11.5. The van der Waals surface area contributed by atoms with Crippen molar-refractivity contribution >= 4 is 5.91 Å². The van der Waals surface area contributed by atoms with Gasteiger partial charge in [0.15, 0.2) is 0 Å². The molecule has 0 radical (unpaired) electrons. The van der Waals surface area contributed by atoms with Gasteiger partial charge in [-0.15, -0.1) is 0 Å². The molecule has 1 N–H and O–H groups in total. The minimum atomic E-state index is -0.551. The number of aryl methyl sites for hydroxylation is 1. The SMILES string of the molecule is CCCC(C#N)C(=O)NCc1nccn1C. The predicted octanol–water partition coefficient (Wildman–Crippen LogP) is 0.976. The van der Waals surface area contributed by atoms with Gasteiger partial charge in [-0.3, -0.25) is 4.79 Å². The number of hydrogen-bond acceptors (Lipinski definition) is 3. The van der Waals surface area contributed by atoms with Gasteiger partial charge in [-0.25, -0.2) is 4.98 Å². The lowest BCUT2D eigenvalue weighted by molar-refractivity contribution is -0.123. The van der Waals surface area contributed by atoms with Crippen molar-refractivity contribution in [2.75, 3.05) is 0 Å². The zero-order chi connectivity index (χ0) is 12.0. The molecule has 0 saturated heterocycles. The Morgan fingerprint density at radius 1 is 1.75 bits per heavy atom. The van der Waals surface area contributed by atoms with Crippen LogP contribution in [0.5, 0.6) is 0 Å². The van der Waals surface area contributed by atoms with E-state index in [2.05, 4.69) is 10.3 Å². The molecule has 16 heavy (non-hydrogen) atoms. The van der Waals surface area contributed by atoms with Crippen LogP contribution in [-0.2, 0) is 18.4 Å². The molecule has 0 bridgehead atoms. The Morgan fingerprint density at radius 2 is 2.50 bits per heavy atom. The maximum Gasteiger partial charge on any atom is 0.237 e. The van der Waals surface area contributed by atoms with Gasteiger partial charge in [0.2, 0.25) is 5.91 Å². The normalized spacial score (nSPS) is 11.8. The number of rotatable bonds is 5. The molecule has 86 valence electrons. The van der Waals surface area contributed by atoms with Crippen LogP contribution in [0.25, 0.3) is 0 Å². The van der Waals surface area contributed by atoms with Gasteiger partial charge < -0.3 is 9.88 Å². The maximum atomic E-state index is 11.6. The topological polar surface area (TPSA) is 70.7 Å². The van der Waals surface area contributed by atoms with Crippen LogP contribution < -0.4 is 5.32 Å². The van der Waals surface area contributed by atoms with Crippen molar-refractivity contribution in [3.8, 4) is 6.07 Å². The molecule has 1 aromatic rings. The first-order valence-electron chi connectivity index (χ1n) is 5.32. The van der Waals surface area contributed by atoms with Gasteiger partial charge in [-0.05, 0) is 6.42 Å². The maximum absolute atomic E-state index is 11.6. The second kappa shape index (κ2) is 5.91. The summed E-state index contributed by atoms with van der Waals surface area (Å²) >= 11 is 0. The van der Waals surface area contributed by atoms with Crippen molar-refractivity contribution in [1.82, 2.24) is 14.9 Å². The Balaban J connectivity index is 2.46. The number of nitrogens with zero attached hydrogens (tertiary/aromatic N) is 3. The molecular formula is C11H16N4O. The van der Waals surface area contributed by atoms with E-state index < -0.39 is 5.92 Å². The van der Waals surface area contributed by atoms with Crippen molar-refractivity contribution in [2.45, 2.75) is 26.3 Å². The molecule has 0 aromatic carbocycles. The number of nitriles is 1. The van der Waals surface area contributed by atoms with E-state index in [-0.39, 0.29) is 5.91 Å². The van der Waals surface area contributed by atoms with Gasteiger partial charge in [-0.2, -0.15) is 5.26 Å². The average molecular weight is 220 g/mol. The fourth-order valence-corrected chi connectivity index (χ4v) is 1.40. The Hall–Kier alpha value is -1.83. The highest BCUT2D eigenvalue weighted by Crippen LogP contribution is 2.05. The van der Waals surface area contributed by atoms with E-state index in [1.807, 2.05) is 30.8 Å². The molecule has 5 heteroatoms. The second-order valence-electron chi connectivity index (χ2n) is 3.64. The lowest BCUT2D eigenvalue weighted by Gasteiger charge is -2.08. The van der Waals surface area contributed by atoms with Crippen LogP contribution in [-0.4, -0.2) is 15.5 Å². The lowest BCUT2D eigenvalue weighted by atomic mass is 10.1. The van der Waals surface area contributed by atoms with E-state index in [4.69, 9.17) is 5.26 Å². The monoisotopic (exact) mass is 220 g/mol. The molecule has 1 atom stereocenters. The average Bonchev–Trinajstić information content (AvgIpc) is 2.68. The number of nitrogens with one attached hydrogen (secondary N) is 1. The summed E-state index contributed by atoms with van der Waals surface area (Å²) in [6.45, 7) is 2.32. The fraction of sp³-hybridized carbons (Fsp3) is 0.545. The zero-order valence-electron chi connectivity index (χ0n) is 9.60. The molecule has 0 fully saturated rings. The fourth-order valence-electron chi connectivity index (χ4n) is 1.40. The van der Waals surface area contributed by atoms with Crippen LogP contribution in [0.1, 0.15) is 25.6 Å². The number of amides is 1. The first-order chi connectivity index (χ1) is 7.69. The first kappa shape index (κ1) is 12.2. The smallest absolute Gasteiger partial charge is 0.237 e. The third-order valence-corrected chi connectivity index (χ3v) is 2.39. The first-order valence-corrected chi connectivity index (χ1v) is 5.32. The Kier molecular flexibility index (Phi) is 4.52. The van der Waals surface area contributed by atoms with E-state index >= 15 is 0 Å². The third-order valence-electron chi connectivity index (χ3n) is 2.39. The highest BCUT2D eigenvalue weighted by atomic mass is 16.1. The molecule has 1 rings (SSSR count). The zero-order valence-corrected chi connectivity index (χ0v) is 9.60. The lowest BCUT2D eigenvalue weighted by Crippen LogP contribution is -2.30. The van der Waals surface area contributed by atoms with Gasteiger partial charge >= 0.3 is 0 Å². The van der Waals surface area contributed by atoms with E-state index in [0.717, 1.165) is 12.2 Å². The van der Waals surface area contributed by atoms with Gasteiger partial charge in [0.1, 0.15) is 11.7 Å². The molecule has 0 aliphatic heterocycles. The van der Waals surface area contributed by atoms with Crippen molar-refractivity contribution in [3.05, 3.63) is 18.2 Å². The van der Waals surface area contributed by atoms with Crippen LogP contribution >= 0.6 is 0 Å². The minimum Gasteiger partial charge on any atom is -0.348 e. The standard InChI is InChI=1S/C11H16N4O/c1-3-4-9(7-12)11(16)14-8-10-13-5-6-15(10)2/h5-6,9H,3-4,8H2,1-2H3,(H,14,16). The minimum absolute atomic E-state index is 0.215. The summed E-state index contributed by atoms with van der Waals surface area (Å²) in [4.78, 5) is 15.7. The van der Waals surface area contributed by atoms with E-state index in [1.165, 1.54) is 0 Å². The summed E-state index contributed by atoms with van der Waals surface area (Å²) in [6.07, 6.45) is 4.92. The largest absolute Gasteiger partial charge is 0.348 e. The second-order valence-corrected chi connectivity index (χ2v) is 3.64. The van der Waals surface area contributed by atoms with E-state index in [1.54, 1.807) is 6.20 Å². The Labute approximate surface area is 95.1 Å². The molecule has 0 aliphatic rings. The summed E-state index contributed by atoms with van der Waals surface area (Å²) < 4.78 is 1.83. The molecule has 5 nitrogen and oxygen atoms in total. The van der Waals surface area contributed by atoms with Crippen molar-refractivity contribution in [2.24, 2.45) is 13.0 Å². The Morgan fingerprint density at radius 3 is 3.00 bits per heavy atom. The Bertz CT molecular complexity index is 391. The quantitative estimate of drug-likeness (QED) is 0.804. The van der Waals surface area contributed by atoms with Gasteiger partial charge in [0.05, 0.1) is 12.6 Å². The summed E-state index contributed by atoms with van der Waals surface area (Å²) in [5.74, 6) is 0.0131. The van der Waals surface area contributed by atoms with E-state index in [9.17, 15) is 4.79 Å². The number of aromatic nitrogens is 2. The van der Waals surface area contributed by atoms with Crippen LogP contribution in [0.15, 0.2) is 12.4 Å². The van der Waals surface area contributed by atoms with Crippen molar-refractivity contribution in [1.29, 1.82) is 5.26 Å². The molecular weight excluding hydrogens is 204 g/mol. The van der Waals surface area contributed by atoms with Gasteiger partial charge in [0.25, 0.3) is 0 Å². The van der Waals surface area contributed by atoms with Crippen LogP contribution in [0, 0.1) is 17.2 Å². The molecule has 1 aromatic heterocycles. The summed E-state index contributed by atoms with van der Waals surface area (Å²) in [7, 11) is 1.86. The summed E-state index contributed by atoms with van der Waals surface area (Å²) in [6, 6.07) is 2.01. The molecule has 1 heterocycles. The number of carbonyl (C=O) groups is 1. The van der Waals surface area contributed by atoms with E-state index in [0.29, 0.717) is 13.0 Å². The van der Waals surface area contributed by atoms with Gasteiger partial charge in [0, 0.05) is 19.4 Å². The molecule has 0 spiro atoms. The molecule has 0 aliphatic carbocycles. The molecule has 1 unspecified atom stereocenters. The highest BCUT2D eigenvalue weighted by molar-refractivity contribution is 5.80. The number of imidazole rings is 1.